The van der Waals surface area contributed by atoms with Crippen LogP contribution >= 0.6 is 11.8 Å². The number of fused-ring (bicyclic) bond motifs is 1. The van der Waals surface area contributed by atoms with Crippen LogP contribution < -0.4 is 0 Å². The van der Waals surface area contributed by atoms with Crippen LogP contribution in [0.5, 0.6) is 0 Å². The molecule has 0 N–H and O–H groups in total. The van der Waals surface area contributed by atoms with E-state index in [0.29, 0.717) is 0 Å². The lowest BCUT2D eigenvalue weighted by Crippen LogP contribution is -2.25. The summed E-state index contributed by atoms with van der Waals surface area (Å²) in [5.74, 6) is -0.673. The molecule has 0 aliphatic heterocycles. The van der Waals surface area contributed by atoms with Crippen molar-refractivity contribution < 1.29 is 4.79 Å². The summed E-state index contributed by atoms with van der Waals surface area (Å²) >= 11 is 1.33. The summed E-state index contributed by atoms with van der Waals surface area (Å²) in [6, 6.07) is 16.1. The molecule has 0 atom stereocenters. The van der Waals surface area contributed by atoms with Gasteiger partial charge in [-0.15, -0.1) is 16.7 Å². The number of hydrogen-bond donors (Lipinski definition) is 0. The highest BCUT2D eigenvalue weighted by atomic mass is 32.2. The monoisotopic (exact) mass is 336 g/mol. The molecule has 3 rings (SSSR count). The Bertz CT molecular complexity index is 917. The third-order valence-electron chi connectivity index (χ3n) is 3.82. The van der Waals surface area contributed by atoms with Gasteiger partial charge in [0, 0.05) is 28.0 Å². The molecule has 3 aromatic rings. The van der Waals surface area contributed by atoms with Crippen LogP contribution in [0.3, 0.4) is 0 Å². The molecular weight excluding hydrogens is 320 g/mol. The van der Waals surface area contributed by atoms with Gasteiger partial charge in [0.25, 0.3) is 0 Å². The van der Waals surface area contributed by atoms with Gasteiger partial charge in [0.15, 0.2) is 0 Å². The zero-order chi connectivity index (χ0) is 17.2. The Kier molecular flexibility index (Phi) is 4.44. The van der Waals surface area contributed by atoms with Crippen molar-refractivity contribution in [3.8, 4) is 11.1 Å². The van der Waals surface area contributed by atoms with Gasteiger partial charge in [-0.1, -0.05) is 42.5 Å². The van der Waals surface area contributed by atoms with E-state index in [0.717, 1.165) is 26.8 Å². The van der Waals surface area contributed by atoms with E-state index >= 15 is 0 Å². The third kappa shape index (κ3) is 3.08. The first-order valence-corrected chi connectivity index (χ1v) is 8.33. The van der Waals surface area contributed by atoms with Crippen LogP contribution in [-0.2, 0) is 4.79 Å². The summed E-state index contributed by atoms with van der Waals surface area (Å²) in [7, 11) is 0. The average molecular weight is 336 g/mol. The fourth-order valence-corrected chi connectivity index (χ4v) is 3.64. The third-order valence-corrected chi connectivity index (χ3v) is 5.08. The minimum absolute atomic E-state index is 0.673. The second kappa shape index (κ2) is 6.53. The van der Waals surface area contributed by atoms with Crippen molar-refractivity contribution in [2.24, 2.45) is 5.18 Å². The van der Waals surface area contributed by atoms with Crippen LogP contribution in [0, 0.1) is 4.91 Å². The average Bonchev–Trinajstić information content (AvgIpc) is 2.60. The van der Waals surface area contributed by atoms with E-state index in [1.165, 1.54) is 11.8 Å². The van der Waals surface area contributed by atoms with Crippen molar-refractivity contribution in [2.75, 3.05) is 0 Å². The second-order valence-corrected chi connectivity index (χ2v) is 7.57. The molecule has 0 radical (unpaired) electrons. The summed E-state index contributed by atoms with van der Waals surface area (Å²) in [5, 5.41) is 4.84. The highest BCUT2D eigenvalue weighted by Crippen LogP contribution is 2.40. The van der Waals surface area contributed by atoms with E-state index in [4.69, 9.17) is 0 Å². The van der Waals surface area contributed by atoms with E-state index in [1.807, 2.05) is 30.3 Å². The maximum absolute atomic E-state index is 11.8. The van der Waals surface area contributed by atoms with Crippen molar-refractivity contribution in [1.29, 1.82) is 0 Å². The number of amides is 1. The minimum Gasteiger partial charge on any atom is -0.267 e. The maximum Gasteiger partial charge on any atom is 0.302 e. The summed E-state index contributed by atoms with van der Waals surface area (Å²) in [5.41, 5.74) is 1.98. The lowest BCUT2D eigenvalue weighted by atomic mass is 9.99. The standard InChI is InChI=1S/C19H16N2O2S/c1-19(2,18(22)21-23)24-17-10-11-20-12-16(17)15-9-5-7-13-6-3-4-8-14(13)15/h3-12H,1-2H3. The first kappa shape index (κ1) is 16.3. The quantitative estimate of drug-likeness (QED) is 0.493. The van der Waals surface area contributed by atoms with Gasteiger partial charge < -0.3 is 0 Å². The molecule has 1 aromatic heterocycles. The van der Waals surface area contributed by atoms with Gasteiger partial charge in [0.1, 0.15) is 0 Å². The van der Waals surface area contributed by atoms with Crippen molar-refractivity contribution >= 4 is 28.4 Å². The zero-order valence-electron chi connectivity index (χ0n) is 13.4. The van der Waals surface area contributed by atoms with Gasteiger partial charge in [-0.2, -0.15) is 0 Å². The molecule has 0 fully saturated rings. The Hall–Kier alpha value is -2.53. The van der Waals surface area contributed by atoms with Crippen LogP contribution in [0.15, 0.2) is 71.0 Å². The van der Waals surface area contributed by atoms with Gasteiger partial charge in [0.2, 0.25) is 0 Å². The fourth-order valence-electron chi connectivity index (χ4n) is 2.56. The highest BCUT2D eigenvalue weighted by Gasteiger charge is 2.31. The molecule has 0 saturated heterocycles. The summed E-state index contributed by atoms with van der Waals surface area (Å²) in [4.78, 5) is 27.6. The van der Waals surface area contributed by atoms with E-state index in [-0.39, 0.29) is 0 Å². The van der Waals surface area contributed by atoms with Gasteiger partial charge in [-0.25, -0.2) is 0 Å². The molecule has 120 valence electrons. The van der Waals surface area contributed by atoms with E-state index < -0.39 is 10.7 Å². The molecule has 0 aliphatic rings. The minimum atomic E-state index is -0.928. The van der Waals surface area contributed by atoms with Crippen LogP contribution in [0.2, 0.25) is 0 Å². The Morgan fingerprint density at radius 1 is 1.04 bits per heavy atom. The van der Waals surface area contributed by atoms with Gasteiger partial charge in [-0.05, 0) is 36.2 Å². The van der Waals surface area contributed by atoms with Crippen molar-refractivity contribution in [3.05, 3.63) is 65.8 Å². The molecule has 0 unspecified atom stereocenters. The molecule has 1 amide bonds. The number of aromatic nitrogens is 1. The number of rotatable bonds is 4. The Balaban J connectivity index is 2.13. The molecular formula is C19H16N2O2S. The number of hydrogen-bond acceptors (Lipinski definition) is 4. The fraction of sp³-hybridized carbons (Fsp3) is 0.158. The molecule has 0 spiro atoms. The second-order valence-electron chi connectivity index (χ2n) is 5.91. The molecule has 0 aliphatic carbocycles. The summed E-state index contributed by atoms with van der Waals surface area (Å²) in [6.45, 7) is 3.41. The number of thioether (sulfide) groups is 1. The molecule has 0 bridgehead atoms. The van der Waals surface area contributed by atoms with E-state index in [1.54, 1.807) is 26.2 Å². The first-order valence-electron chi connectivity index (χ1n) is 7.52. The number of carbonyl (C=O) groups is 1. The topological polar surface area (TPSA) is 59.4 Å². The number of pyridine rings is 1. The van der Waals surface area contributed by atoms with Crippen molar-refractivity contribution in [1.82, 2.24) is 4.98 Å². The van der Waals surface area contributed by atoms with Crippen LogP contribution in [0.1, 0.15) is 13.8 Å². The van der Waals surface area contributed by atoms with Gasteiger partial charge in [-0.3, -0.25) is 9.78 Å². The SMILES string of the molecule is CC(C)(Sc1ccncc1-c1cccc2ccccc12)C(=O)N=O. The predicted molar refractivity (Wildman–Crippen MR) is 97.9 cm³/mol. The Morgan fingerprint density at radius 3 is 2.58 bits per heavy atom. The normalized spacial score (nSPS) is 11.4. The lowest BCUT2D eigenvalue weighted by molar-refractivity contribution is -0.119. The molecule has 0 saturated carbocycles. The van der Waals surface area contributed by atoms with Crippen molar-refractivity contribution in [3.63, 3.8) is 0 Å². The number of carbonyl (C=O) groups excluding carboxylic acids is 1. The summed E-state index contributed by atoms with van der Waals surface area (Å²) < 4.78 is -0.928. The van der Waals surface area contributed by atoms with Crippen LogP contribution in [-0.4, -0.2) is 15.6 Å². The molecule has 5 heteroatoms. The number of benzene rings is 2. The maximum atomic E-state index is 11.8. The number of nitroso groups, excluding NO2 is 1. The lowest BCUT2D eigenvalue weighted by Gasteiger charge is -2.20. The van der Waals surface area contributed by atoms with E-state index in [9.17, 15) is 9.70 Å². The molecule has 2 aromatic carbocycles. The summed E-state index contributed by atoms with van der Waals surface area (Å²) in [6.07, 6.45) is 3.48. The largest absolute Gasteiger partial charge is 0.302 e. The Labute approximate surface area is 144 Å². The van der Waals surface area contributed by atoms with Crippen LogP contribution in [0.25, 0.3) is 21.9 Å². The predicted octanol–water partition coefficient (Wildman–Crippen LogP) is 5.07. The first-order chi connectivity index (χ1) is 11.5. The highest BCUT2D eigenvalue weighted by molar-refractivity contribution is 8.01. The Morgan fingerprint density at radius 2 is 1.79 bits per heavy atom. The van der Waals surface area contributed by atoms with Crippen LogP contribution in [0.4, 0.5) is 0 Å². The van der Waals surface area contributed by atoms with Crippen molar-refractivity contribution in [2.45, 2.75) is 23.5 Å². The number of nitrogens with zero attached hydrogens (tertiary/aromatic N) is 2. The molecule has 24 heavy (non-hydrogen) atoms. The van der Waals surface area contributed by atoms with E-state index in [2.05, 4.69) is 28.4 Å². The zero-order valence-corrected chi connectivity index (χ0v) is 14.2. The smallest absolute Gasteiger partial charge is 0.267 e. The molecule has 1 heterocycles. The molecule has 4 nitrogen and oxygen atoms in total. The van der Waals surface area contributed by atoms with Gasteiger partial charge >= 0.3 is 5.91 Å². The van der Waals surface area contributed by atoms with Gasteiger partial charge in [0.05, 0.1) is 4.75 Å².